The molecule has 1 aliphatic heterocycles. The number of nitrogens with zero attached hydrogens (tertiary/aromatic N) is 1. The van der Waals surface area contributed by atoms with Crippen LogP contribution in [0.3, 0.4) is 0 Å². The minimum absolute atomic E-state index is 0.116. The van der Waals surface area contributed by atoms with Gasteiger partial charge >= 0.3 is 0 Å². The van der Waals surface area contributed by atoms with E-state index < -0.39 is 21.8 Å². The number of halogens is 1. The maximum Gasteiger partial charge on any atom is 0.253 e. The van der Waals surface area contributed by atoms with Crippen LogP contribution in [0.2, 0.25) is 0 Å². The SMILES string of the molecule is CNC(=O)c1c(C)cccc1NC(=O)C1CCN(S(=O)(=O)c2ccccc2F)CC1. The lowest BCUT2D eigenvalue weighted by Gasteiger charge is -2.30. The molecule has 3 rings (SSSR count). The van der Waals surface area contributed by atoms with E-state index in [9.17, 15) is 22.4 Å². The van der Waals surface area contributed by atoms with Crippen molar-refractivity contribution in [3.05, 3.63) is 59.4 Å². The maximum absolute atomic E-state index is 13.9. The Balaban J connectivity index is 1.69. The zero-order valence-electron chi connectivity index (χ0n) is 16.8. The number of amides is 2. The highest BCUT2D eigenvalue weighted by atomic mass is 32.2. The van der Waals surface area contributed by atoms with E-state index in [0.29, 0.717) is 24.1 Å². The van der Waals surface area contributed by atoms with Crippen LogP contribution in [0.15, 0.2) is 47.4 Å². The first-order valence-corrected chi connectivity index (χ1v) is 11.1. The smallest absolute Gasteiger partial charge is 0.253 e. The first kappa shape index (κ1) is 21.9. The van der Waals surface area contributed by atoms with E-state index in [0.717, 1.165) is 11.6 Å². The molecule has 0 spiro atoms. The monoisotopic (exact) mass is 433 g/mol. The number of sulfonamides is 1. The Morgan fingerprint density at radius 3 is 2.37 bits per heavy atom. The van der Waals surface area contributed by atoms with Crippen molar-refractivity contribution >= 4 is 27.5 Å². The molecule has 1 heterocycles. The van der Waals surface area contributed by atoms with E-state index in [2.05, 4.69) is 10.6 Å². The van der Waals surface area contributed by atoms with Gasteiger partial charge < -0.3 is 10.6 Å². The molecule has 0 saturated carbocycles. The van der Waals surface area contributed by atoms with Crippen molar-refractivity contribution in [3.8, 4) is 0 Å². The number of aryl methyl sites for hydroxylation is 1. The fraction of sp³-hybridized carbons (Fsp3) is 0.333. The number of rotatable bonds is 5. The fourth-order valence-corrected chi connectivity index (χ4v) is 5.12. The summed E-state index contributed by atoms with van der Waals surface area (Å²) in [6.45, 7) is 2.02. The third-order valence-corrected chi connectivity index (χ3v) is 7.20. The molecule has 2 amide bonds. The summed E-state index contributed by atoms with van der Waals surface area (Å²) < 4.78 is 40.6. The van der Waals surface area contributed by atoms with Crippen LogP contribution < -0.4 is 10.6 Å². The van der Waals surface area contributed by atoms with Crippen LogP contribution in [-0.2, 0) is 14.8 Å². The zero-order chi connectivity index (χ0) is 21.9. The predicted molar refractivity (Wildman–Crippen MR) is 111 cm³/mol. The number of hydrogen-bond acceptors (Lipinski definition) is 4. The average molecular weight is 434 g/mol. The van der Waals surface area contributed by atoms with Gasteiger partial charge in [-0.15, -0.1) is 0 Å². The molecular weight excluding hydrogens is 409 g/mol. The van der Waals surface area contributed by atoms with Crippen molar-refractivity contribution in [1.82, 2.24) is 9.62 Å². The molecule has 0 aliphatic carbocycles. The van der Waals surface area contributed by atoms with E-state index in [-0.39, 0.29) is 29.8 Å². The van der Waals surface area contributed by atoms with Crippen LogP contribution in [-0.4, -0.2) is 44.7 Å². The van der Waals surface area contributed by atoms with Gasteiger partial charge in [0.1, 0.15) is 10.7 Å². The Kier molecular flexibility index (Phi) is 6.52. The molecule has 0 atom stereocenters. The van der Waals surface area contributed by atoms with Crippen LogP contribution >= 0.6 is 0 Å². The lowest BCUT2D eigenvalue weighted by atomic mass is 9.96. The van der Waals surface area contributed by atoms with Crippen LogP contribution in [0, 0.1) is 18.7 Å². The summed E-state index contributed by atoms with van der Waals surface area (Å²) in [5, 5.41) is 5.37. The van der Waals surface area contributed by atoms with Crippen molar-refractivity contribution in [3.63, 3.8) is 0 Å². The van der Waals surface area contributed by atoms with Gasteiger partial charge in [0.05, 0.1) is 11.3 Å². The van der Waals surface area contributed by atoms with Gasteiger partial charge in [0.2, 0.25) is 15.9 Å². The largest absolute Gasteiger partial charge is 0.355 e. The average Bonchev–Trinajstić information content (AvgIpc) is 2.73. The van der Waals surface area contributed by atoms with Crippen molar-refractivity contribution < 1.29 is 22.4 Å². The summed E-state index contributed by atoms with van der Waals surface area (Å²) in [6.07, 6.45) is 0.612. The van der Waals surface area contributed by atoms with Crippen LogP contribution in [0.5, 0.6) is 0 Å². The normalized spacial score (nSPS) is 15.6. The van der Waals surface area contributed by atoms with Gasteiger partial charge in [0, 0.05) is 26.1 Å². The molecule has 0 aromatic heterocycles. The van der Waals surface area contributed by atoms with E-state index in [1.807, 2.05) is 0 Å². The molecule has 1 aliphatic rings. The van der Waals surface area contributed by atoms with Gasteiger partial charge in [-0.05, 0) is 43.5 Å². The Bertz CT molecular complexity index is 1060. The Morgan fingerprint density at radius 1 is 1.07 bits per heavy atom. The van der Waals surface area contributed by atoms with Gasteiger partial charge in [-0.1, -0.05) is 24.3 Å². The Morgan fingerprint density at radius 2 is 1.73 bits per heavy atom. The molecule has 160 valence electrons. The predicted octanol–water partition coefficient (Wildman–Crippen LogP) is 2.53. The van der Waals surface area contributed by atoms with Gasteiger partial charge in [-0.25, -0.2) is 12.8 Å². The third-order valence-electron chi connectivity index (χ3n) is 5.26. The topological polar surface area (TPSA) is 95.6 Å². The second-order valence-electron chi connectivity index (χ2n) is 7.17. The summed E-state index contributed by atoms with van der Waals surface area (Å²) in [7, 11) is -2.43. The second kappa shape index (κ2) is 8.93. The number of carbonyl (C=O) groups excluding carboxylic acids is 2. The van der Waals surface area contributed by atoms with Crippen molar-refractivity contribution in [2.75, 3.05) is 25.5 Å². The maximum atomic E-state index is 13.9. The highest BCUT2D eigenvalue weighted by molar-refractivity contribution is 7.89. The third kappa shape index (κ3) is 4.36. The van der Waals surface area contributed by atoms with E-state index in [4.69, 9.17) is 0 Å². The van der Waals surface area contributed by atoms with Crippen molar-refractivity contribution in [2.45, 2.75) is 24.7 Å². The van der Waals surface area contributed by atoms with E-state index in [1.165, 1.54) is 29.6 Å². The molecule has 1 fully saturated rings. The van der Waals surface area contributed by atoms with Gasteiger partial charge in [0.15, 0.2) is 0 Å². The standard InChI is InChI=1S/C21H24FN3O4S/c1-14-6-5-8-17(19(14)21(27)23-2)24-20(26)15-10-12-25(13-11-15)30(28,29)18-9-4-3-7-16(18)22/h3-9,15H,10-13H2,1-2H3,(H,23,27)(H,24,26). The second-order valence-corrected chi connectivity index (χ2v) is 9.08. The molecule has 1 saturated heterocycles. The van der Waals surface area contributed by atoms with Crippen molar-refractivity contribution in [1.29, 1.82) is 0 Å². The number of benzene rings is 2. The number of hydrogen-bond donors (Lipinski definition) is 2. The molecule has 9 heteroatoms. The minimum Gasteiger partial charge on any atom is -0.355 e. The molecule has 0 bridgehead atoms. The molecule has 0 unspecified atom stereocenters. The van der Waals surface area contributed by atoms with Crippen LogP contribution in [0.1, 0.15) is 28.8 Å². The van der Waals surface area contributed by atoms with E-state index >= 15 is 0 Å². The van der Waals surface area contributed by atoms with Crippen LogP contribution in [0.25, 0.3) is 0 Å². The van der Waals surface area contributed by atoms with E-state index in [1.54, 1.807) is 25.1 Å². The number of anilines is 1. The van der Waals surface area contributed by atoms with Gasteiger partial charge in [-0.2, -0.15) is 4.31 Å². The highest BCUT2D eigenvalue weighted by Gasteiger charge is 2.33. The minimum atomic E-state index is -3.95. The summed E-state index contributed by atoms with van der Waals surface area (Å²) in [4.78, 5) is 24.6. The quantitative estimate of drug-likeness (QED) is 0.758. The molecule has 2 aromatic carbocycles. The molecule has 0 radical (unpaired) electrons. The summed E-state index contributed by atoms with van der Waals surface area (Å²) in [6, 6.07) is 10.5. The fourth-order valence-electron chi connectivity index (χ4n) is 3.58. The molecule has 2 aromatic rings. The molecular formula is C21H24FN3O4S. The first-order valence-electron chi connectivity index (χ1n) is 9.63. The number of piperidine rings is 1. The summed E-state index contributed by atoms with van der Waals surface area (Å²) in [5.74, 6) is -1.77. The Hall–Kier alpha value is -2.78. The number of nitrogens with one attached hydrogen (secondary N) is 2. The van der Waals surface area contributed by atoms with Gasteiger partial charge in [-0.3, -0.25) is 9.59 Å². The van der Waals surface area contributed by atoms with Gasteiger partial charge in [0.25, 0.3) is 5.91 Å². The lowest BCUT2D eigenvalue weighted by molar-refractivity contribution is -0.120. The summed E-state index contributed by atoms with van der Waals surface area (Å²) in [5.41, 5.74) is 1.55. The van der Waals surface area contributed by atoms with Crippen LogP contribution in [0.4, 0.5) is 10.1 Å². The Labute approximate surface area is 175 Å². The molecule has 7 nitrogen and oxygen atoms in total. The molecule has 2 N–H and O–H groups in total. The van der Waals surface area contributed by atoms with Crippen molar-refractivity contribution in [2.24, 2.45) is 5.92 Å². The zero-order valence-corrected chi connectivity index (χ0v) is 17.6. The first-order chi connectivity index (χ1) is 14.3. The molecule has 30 heavy (non-hydrogen) atoms. The highest BCUT2D eigenvalue weighted by Crippen LogP contribution is 2.27. The summed E-state index contributed by atoms with van der Waals surface area (Å²) >= 11 is 0. The number of carbonyl (C=O) groups is 2. The lowest BCUT2D eigenvalue weighted by Crippen LogP contribution is -2.41.